The number of ether oxygens (including phenoxy) is 1. The predicted octanol–water partition coefficient (Wildman–Crippen LogP) is 3.89. The Balaban J connectivity index is 1.92. The summed E-state index contributed by atoms with van der Waals surface area (Å²) in [7, 11) is 0. The summed E-state index contributed by atoms with van der Waals surface area (Å²) in [6.07, 6.45) is 4.30. The van der Waals surface area contributed by atoms with Crippen LogP contribution in [0, 0.1) is 6.92 Å². The third-order valence-corrected chi connectivity index (χ3v) is 5.41. The summed E-state index contributed by atoms with van der Waals surface area (Å²) < 4.78 is 6.61. The van der Waals surface area contributed by atoms with Crippen LogP contribution >= 0.6 is 0 Å². The minimum atomic E-state index is -0.625. The second-order valence-electron chi connectivity index (χ2n) is 7.19. The molecule has 0 fully saturated rings. The molecule has 0 saturated heterocycles. The third-order valence-electron chi connectivity index (χ3n) is 5.41. The van der Waals surface area contributed by atoms with Gasteiger partial charge in [-0.2, -0.15) is 0 Å². The van der Waals surface area contributed by atoms with Gasteiger partial charge in [0.05, 0.1) is 12.0 Å². The van der Waals surface area contributed by atoms with Crippen molar-refractivity contribution < 1.29 is 9.84 Å². The first kappa shape index (κ1) is 15.3. The molecule has 2 aliphatic heterocycles. The molecule has 0 bridgehead atoms. The number of rotatable bonds is 2. The second kappa shape index (κ2) is 5.12. The van der Waals surface area contributed by atoms with Gasteiger partial charge in [-0.1, -0.05) is 35.9 Å². The largest absolute Gasteiger partial charge is 0.463 e. The summed E-state index contributed by atoms with van der Waals surface area (Å²) in [5, 5.41) is 9.66. The van der Waals surface area contributed by atoms with Gasteiger partial charge in [-0.25, -0.2) is 0 Å². The lowest BCUT2D eigenvalue weighted by molar-refractivity contribution is 0.0504. The molecule has 124 valence electrons. The topological polar surface area (TPSA) is 32.7 Å². The summed E-state index contributed by atoms with van der Waals surface area (Å²) >= 11 is 0. The number of aryl methyl sites for hydroxylation is 1. The Morgan fingerprint density at radius 3 is 2.71 bits per heavy atom. The van der Waals surface area contributed by atoms with E-state index in [0.717, 1.165) is 17.0 Å². The van der Waals surface area contributed by atoms with Gasteiger partial charge in [0.1, 0.15) is 5.75 Å². The molecule has 2 aromatic rings. The maximum Gasteiger partial charge on any atom is 0.212 e. The summed E-state index contributed by atoms with van der Waals surface area (Å²) in [4.78, 5) is 2.20. The summed E-state index contributed by atoms with van der Waals surface area (Å²) in [5.74, 6) is 0.889. The molecular weight excluding hydrogens is 298 g/mol. The average Bonchev–Trinajstić information content (AvgIpc) is 2.74. The van der Waals surface area contributed by atoms with Crippen molar-refractivity contribution in [2.75, 3.05) is 18.1 Å². The van der Waals surface area contributed by atoms with Crippen LogP contribution in [0.1, 0.15) is 30.5 Å². The molecule has 1 N–H and O–H groups in total. The summed E-state index contributed by atoms with van der Waals surface area (Å²) in [5.41, 5.74) is 3.87. The number of anilines is 1. The number of hydrogen-bond acceptors (Lipinski definition) is 3. The molecule has 1 atom stereocenters. The fourth-order valence-corrected chi connectivity index (χ4v) is 4.08. The molecule has 0 aromatic heterocycles. The molecule has 4 rings (SSSR count). The molecule has 0 saturated carbocycles. The number of aliphatic hydroxyl groups is 1. The molecule has 2 aliphatic rings. The van der Waals surface area contributed by atoms with Crippen molar-refractivity contribution in [3.63, 3.8) is 0 Å². The highest BCUT2D eigenvalue weighted by atomic mass is 16.5. The van der Waals surface area contributed by atoms with Gasteiger partial charge in [0, 0.05) is 17.8 Å². The van der Waals surface area contributed by atoms with Gasteiger partial charge < -0.3 is 14.7 Å². The van der Waals surface area contributed by atoms with E-state index in [4.69, 9.17) is 4.74 Å². The Bertz CT molecular complexity index is 824. The van der Waals surface area contributed by atoms with Gasteiger partial charge >= 0.3 is 0 Å². The zero-order valence-corrected chi connectivity index (χ0v) is 14.4. The maximum atomic E-state index is 9.66. The SMILES string of the molecule is Cc1ccc2c(c1)C(C)(C)[C@]1(C=Cc3ccccc3O1)N2CCO. The van der Waals surface area contributed by atoms with Crippen LogP contribution in [0.15, 0.2) is 48.5 Å². The first-order valence-electron chi connectivity index (χ1n) is 8.46. The van der Waals surface area contributed by atoms with Gasteiger partial charge in [-0.15, -0.1) is 0 Å². The number of nitrogens with zero attached hydrogens (tertiary/aromatic N) is 1. The van der Waals surface area contributed by atoms with E-state index in [9.17, 15) is 5.11 Å². The van der Waals surface area contributed by atoms with Crippen molar-refractivity contribution in [2.24, 2.45) is 0 Å². The van der Waals surface area contributed by atoms with Crippen LogP contribution in [0.25, 0.3) is 6.08 Å². The highest BCUT2D eigenvalue weighted by Gasteiger charge is 2.58. The van der Waals surface area contributed by atoms with E-state index < -0.39 is 5.72 Å². The minimum Gasteiger partial charge on any atom is -0.463 e. The summed E-state index contributed by atoms with van der Waals surface area (Å²) in [6, 6.07) is 14.6. The van der Waals surface area contributed by atoms with Gasteiger partial charge in [0.2, 0.25) is 5.72 Å². The van der Waals surface area contributed by atoms with E-state index >= 15 is 0 Å². The van der Waals surface area contributed by atoms with Crippen LogP contribution in [-0.2, 0) is 5.41 Å². The average molecular weight is 321 g/mol. The quantitative estimate of drug-likeness (QED) is 0.911. The van der Waals surface area contributed by atoms with E-state index in [1.807, 2.05) is 18.2 Å². The normalized spacial score (nSPS) is 23.1. The van der Waals surface area contributed by atoms with Gasteiger partial charge in [-0.05, 0) is 50.6 Å². The second-order valence-corrected chi connectivity index (χ2v) is 7.19. The third kappa shape index (κ3) is 1.88. The molecule has 0 radical (unpaired) electrons. The molecule has 3 nitrogen and oxygen atoms in total. The molecule has 3 heteroatoms. The number of fused-ring (bicyclic) bond motifs is 2. The van der Waals surface area contributed by atoms with Crippen molar-refractivity contribution in [1.82, 2.24) is 0 Å². The molecule has 24 heavy (non-hydrogen) atoms. The predicted molar refractivity (Wildman–Crippen MR) is 97.5 cm³/mol. The lowest BCUT2D eigenvalue weighted by Crippen LogP contribution is -2.60. The molecule has 2 aromatic carbocycles. The minimum absolute atomic E-state index is 0.0873. The molecular formula is C21H23NO2. The Morgan fingerprint density at radius 1 is 1.12 bits per heavy atom. The highest BCUT2D eigenvalue weighted by Crippen LogP contribution is 2.54. The van der Waals surface area contributed by atoms with E-state index in [2.05, 4.69) is 62.1 Å². The Hall–Kier alpha value is -2.26. The van der Waals surface area contributed by atoms with Crippen LogP contribution in [-0.4, -0.2) is 24.0 Å². The number of para-hydroxylation sites is 1. The van der Waals surface area contributed by atoms with E-state index in [0.29, 0.717) is 6.54 Å². The lowest BCUT2D eigenvalue weighted by atomic mass is 9.76. The fourth-order valence-electron chi connectivity index (χ4n) is 4.08. The summed E-state index contributed by atoms with van der Waals surface area (Å²) in [6.45, 7) is 7.18. The molecule has 0 amide bonds. The van der Waals surface area contributed by atoms with Crippen LogP contribution in [0.4, 0.5) is 5.69 Å². The van der Waals surface area contributed by atoms with Gasteiger partial charge in [0.25, 0.3) is 0 Å². The number of hydrogen-bond donors (Lipinski definition) is 1. The zero-order chi connectivity index (χ0) is 16.9. The number of aliphatic hydroxyl groups excluding tert-OH is 1. The molecule has 0 aliphatic carbocycles. The molecule has 2 heterocycles. The monoisotopic (exact) mass is 321 g/mol. The smallest absolute Gasteiger partial charge is 0.212 e. The van der Waals surface area contributed by atoms with E-state index in [1.165, 1.54) is 11.1 Å². The Morgan fingerprint density at radius 2 is 1.92 bits per heavy atom. The fraction of sp³-hybridized carbons (Fsp3) is 0.333. The Kier molecular flexibility index (Phi) is 3.26. The Labute approximate surface area is 143 Å². The zero-order valence-electron chi connectivity index (χ0n) is 14.4. The molecule has 0 unspecified atom stereocenters. The first-order chi connectivity index (χ1) is 11.5. The van der Waals surface area contributed by atoms with Crippen LogP contribution in [0.3, 0.4) is 0 Å². The lowest BCUT2D eigenvalue weighted by Gasteiger charge is -2.47. The highest BCUT2D eigenvalue weighted by molar-refractivity contribution is 5.72. The molecule has 1 spiro atoms. The van der Waals surface area contributed by atoms with E-state index in [1.54, 1.807) is 0 Å². The maximum absolute atomic E-state index is 9.66. The van der Waals surface area contributed by atoms with Crippen molar-refractivity contribution in [2.45, 2.75) is 31.9 Å². The van der Waals surface area contributed by atoms with Gasteiger partial charge in [-0.3, -0.25) is 0 Å². The van der Waals surface area contributed by atoms with Crippen molar-refractivity contribution in [1.29, 1.82) is 0 Å². The van der Waals surface area contributed by atoms with Crippen LogP contribution in [0.5, 0.6) is 5.75 Å². The first-order valence-corrected chi connectivity index (χ1v) is 8.46. The van der Waals surface area contributed by atoms with Crippen molar-refractivity contribution >= 4 is 11.8 Å². The standard InChI is InChI=1S/C21H23NO2/c1-15-8-9-18-17(14-15)20(2,3)21(22(18)12-13-23)11-10-16-6-4-5-7-19(16)24-21/h4-11,14,23H,12-13H2,1-3H3/t21-/m1/s1. The number of β-amino-alcohol motifs (C(OH)–C–C–N with tert-alkyl or cyclic N) is 1. The van der Waals surface area contributed by atoms with Crippen LogP contribution in [0.2, 0.25) is 0 Å². The van der Waals surface area contributed by atoms with Crippen molar-refractivity contribution in [3.05, 3.63) is 65.2 Å². The van der Waals surface area contributed by atoms with Crippen LogP contribution < -0.4 is 9.64 Å². The van der Waals surface area contributed by atoms with E-state index in [-0.39, 0.29) is 12.0 Å². The number of benzene rings is 2. The van der Waals surface area contributed by atoms with Crippen molar-refractivity contribution in [3.8, 4) is 5.75 Å². The van der Waals surface area contributed by atoms with Gasteiger partial charge in [0.15, 0.2) is 0 Å².